The van der Waals surface area contributed by atoms with Crippen LogP contribution in [-0.4, -0.2) is 0 Å². The van der Waals surface area contributed by atoms with E-state index in [1.165, 1.54) is 5.57 Å². The first-order chi connectivity index (χ1) is 5.16. The molecule has 0 radical (unpaired) electrons. The molecule has 0 aromatic carbocycles. The van der Waals surface area contributed by atoms with Crippen molar-refractivity contribution in [3.63, 3.8) is 0 Å². The Hall–Kier alpha value is -0.720. The Morgan fingerprint density at radius 3 is 1.91 bits per heavy atom. The Labute approximate surface area is 71.0 Å². The molecule has 0 amide bonds. The van der Waals surface area contributed by atoms with Crippen LogP contribution in [-0.2, 0) is 0 Å². The molecule has 0 aliphatic heterocycles. The highest BCUT2D eigenvalue weighted by Gasteiger charge is 1.78. The Bertz CT molecular complexity index is 128. The Kier molecular flexibility index (Phi) is 10.9. The molecule has 0 heterocycles. The van der Waals surface area contributed by atoms with Crippen molar-refractivity contribution in [3.8, 4) is 0 Å². The fraction of sp³-hybridized carbons (Fsp3) is 0.600. The third-order valence-electron chi connectivity index (χ3n) is 1.19. The van der Waals surface area contributed by atoms with Crippen molar-refractivity contribution in [3.05, 3.63) is 23.4 Å². The topological polar surface area (TPSA) is 26.0 Å². The summed E-state index contributed by atoms with van der Waals surface area (Å²) in [5, 5.41) is 0. The lowest BCUT2D eigenvalue weighted by Crippen LogP contribution is -1.88. The van der Waals surface area contributed by atoms with Gasteiger partial charge in [0, 0.05) is 5.70 Å². The molecule has 0 unspecified atom stereocenters. The van der Waals surface area contributed by atoms with Crippen LogP contribution in [0, 0.1) is 0 Å². The van der Waals surface area contributed by atoms with Crippen molar-refractivity contribution in [2.75, 3.05) is 0 Å². The fourth-order valence-corrected chi connectivity index (χ4v) is 0.392. The average Bonchev–Trinajstić information content (AvgIpc) is 2.04. The zero-order valence-electron chi connectivity index (χ0n) is 8.44. The number of allylic oxidation sites excluding steroid dienone is 4. The summed E-state index contributed by atoms with van der Waals surface area (Å²) in [6.07, 6.45) is 5.08. The lowest BCUT2D eigenvalue weighted by molar-refractivity contribution is 1.10. The zero-order chi connectivity index (χ0) is 9.28. The molecule has 0 aliphatic carbocycles. The molecule has 11 heavy (non-hydrogen) atoms. The molecule has 66 valence electrons. The van der Waals surface area contributed by atoms with Crippen molar-refractivity contribution in [1.29, 1.82) is 0 Å². The van der Waals surface area contributed by atoms with Gasteiger partial charge in [0.05, 0.1) is 0 Å². The van der Waals surface area contributed by atoms with Gasteiger partial charge in [0.2, 0.25) is 0 Å². The van der Waals surface area contributed by atoms with Crippen LogP contribution in [0.25, 0.3) is 0 Å². The van der Waals surface area contributed by atoms with Crippen molar-refractivity contribution in [1.82, 2.24) is 0 Å². The standard InChI is InChI=1S/C8H15N.C2H6/c1-4-7(2)5-6-8(3)9;1-2/h5-6H,4,9H2,1-3H3;1-2H3/b7-5+,8-6+;. The second kappa shape index (κ2) is 9.28. The van der Waals surface area contributed by atoms with Gasteiger partial charge in [-0.05, 0) is 26.3 Å². The third kappa shape index (κ3) is 12.5. The van der Waals surface area contributed by atoms with Crippen molar-refractivity contribution < 1.29 is 0 Å². The maximum Gasteiger partial charge on any atom is 0.00488 e. The van der Waals surface area contributed by atoms with E-state index in [9.17, 15) is 0 Å². The smallest absolute Gasteiger partial charge is 0.00488 e. The Morgan fingerprint density at radius 2 is 1.64 bits per heavy atom. The van der Waals surface area contributed by atoms with E-state index in [1.807, 2.05) is 26.8 Å². The van der Waals surface area contributed by atoms with Gasteiger partial charge >= 0.3 is 0 Å². The van der Waals surface area contributed by atoms with Crippen molar-refractivity contribution >= 4 is 0 Å². The molecule has 0 rings (SSSR count). The molecule has 0 aliphatic rings. The van der Waals surface area contributed by atoms with E-state index in [2.05, 4.69) is 19.9 Å². The van der Waals surface area contributed by atoms with Gasteiger partial charge in [-0.1, -0.05) is 32.4 Å². The summed E-state index contributed by atoms with van der Waals surface area (Å²) in [7, 11) is 0. The zero-order valence-corrected chi connectivity index (χ0v) is 8.44. The molecular weight excluding hydrogens is 134 g/mol. The summed E-state index contributed by atoms with van der Waals surface area (Å²) >= 11 is 0. The molecule has 0 saturated carbocycles. The number of nitrogens with two attached hydrogens (primary N) is 1. The molecule has 0 bridgehead atoms. The van der Waals surface area contributed by atoms with Crippen LogP contribution in [0.2, 0.25) is 0 Å². The summed E-state index contributed by atoms with van der Waals surface area (Å²) < 4.78 is 0. The maximum atomic E-state index is 5.41. The summed E-state index contributed by atoms with van der Waals surface area (Å²) in [6.45, 7) is 10.1. The minimum absolute atomic E-state index is 0.864. The van der Waals surface area contributed by atoms with Gasteiger partial charge in [-0.3, -0.25) is 0 Å². The average molecular weight is 155 g/mol. The minimum Gasteiger partial charge on any atom is -0.402 e. The Balaban J connectivity index is 0. The molecule has 0 aromatic rings. The van der Waals surface area contributed by atoms with E-state index in [0.29, 0.717) is 0 Å². The van der Waals surface area contributed by atoms with Gasteiger partial charge in [-0.2, -0.15) is 0 Å². The molecular formula is C10H21N. The maximum absolute atomic E-state index is 5.41. The van der Waals surface area contributed by atoms with Crippen molar-refractivity contribution in [2.24, 2.45) is 5.73 Å². The molecule has 2 N–H and O–H groups in total. The first-order valence-corrected chi connectivity index (χ1v) is 4.26. The van der Waals surface area contributed by atoms with Gasteiger partial charge in [0.25, 0.3) is 0 Å². The first kappa shape index (κ1) is 12.9. The predicted octanol–water partition coefficient (Wildman–Crippen LogP) is 3.23. The van der Waals surface area contributed by atoms with Crippen LogP contribution in [0.1, 0.15) is 41.0 Å². The first-order valence-electron chi connectivity index (χ1n) is 4.26. The number of hydrogen-bond acceptors (Lipinski definition) is 1. The molecule has 0 saturated heterocycles. The molecule has 0 spiro atoms. The molecule has 0 atom stereocenters. The highest BCUT2D eigenvalue weighted by molar-refractivity contribution is 5.12. The van der Waals surface area contributed by atoms with E-state index in [4.69, 9.17) is 5.73 Å². The van der Waals surface area contributed by atoms with Crippen molar-refractivity contribution in [2.45, 2.75) is 41.0 Å². The van der Waals surface area contributed by atoms with E-state index in [-0.39, 0.29) is 0 Å². The van der Waals surface area contributed by atoms with Gasteiger partial charge in [0.15, 0.2) is 0 Å². The second-order valence-corrected chi connectivity index (χ2v) is 2.28. The predicted molar refractivity (Wildman–Crippen MR) is 53.3 cm³/mol. The summed E-state index contributed by atoms with van der Waals surface area (Å²) in [5.41, 5.74) is 7.64. The second-order valence-electron chi connectivity index (χ2n) is 2.28. The largest absolute Gasteiger partial charge is 0.402 e. The number of rotatable bonds is 2. The van der Waals surface area contributed by atoms with Gasteiger partial charge in [-0.25, -0.2) is 0 Å². The lowest BCUT2D eigenvalue weighted by Gasteiger charge is -1.90. The fourth-order valence-electron chi connectivity index (χ4n) is 0.392. The quantitative estimate of drug-likeness (QED) is 0.609. The normalized spacial score (nSPS) is 12.1. The van der Waals surface area contributed by atoms with Gasteiger partial charge in [0.1, 0.15) is 0 Å². The summed E-state index contributed by atoms with van der Waals surface area (Å²) in [5.74, 6) is 0. The molecule has 0 fully saturated rings. The van der Waals surface area contributed by atoms with Gasteiger partial charge < -0.3 is 5.73 Å². The highest BCUT2D eigenvalue weighted by atomic mass is 14.5. The van der Waals surface area contributed by atoms with Crippen LogP contribution < -0.4 is 5.73 Å². The van der Waals surface area contributed by atoms with Gasteiger partial charge in [-0.15, -0.1) is 0 Å². The van der Waals surface area contributed by atoms with Crippen LogP contribution in [0.3, 0.4) is 0 Å². The van der Waals surface area contributed by atoms with E-state index in [0.717, 1.165) is 12.1 Å². The highest BCUT2D eigenvalue weighted by Crippen LogP contribution is 1.97. The molecule has 1 heteroatoms. The van der Waals surface area contributed by atoms with Crippen LogP contribution in [0.15, 0.2) is 23.4 Å². The molecule has 0 aromatic heterocycles. The molecule has 1 nitrogen and oxygen atoms in total. The van der Waals surface area contributed by atoms with Crippen LogP contribution in [0.4, 0.5) is 0 Å². The summed E-state index contributed by atoms with van der Waals surface area (Å²) in [4.78, 5) is 0. The lowest BCUT2D eigenvalue weighted by atomic mass is 10.2. The SMILES string of the molecule is CC.CC/C(C)=C/C=C(\C)N. The number of hydrogen-bond donors (Lipinski definition) is 1. The van der Waals surface area contributed by atoms with E-state index < -0.39 is 0 Å². The Morgan fingerprint density at radius 1 is 1.18 bits per heavy atom. The van der Waals surface area contributed by atoms with Crippen LogP contribution in [0.5, 0.6) is 0 Å². The monoisotopic (exact) mass is 155 g/mol. The summed E-state index contributed by atoms with van der Waals surface area (Å²) in [6, 6.07) is 0. The van der Waals surface area contributed by atoms with E-state index >= 15 is 0 Å². The van der Waals surface area contributed by atoms with E-state index in [1.54, 1.807) is 0 Å². The minimum atomic E-state index is 0.864. The van der Waals surface area contributed by atoms with Crippen LogP contribution >= 0.6 is 0 Å². The third-order valence-corrected chi connectivity index (χ3v) is 1.19.